The number of rotatable bonds is 9. The van der Waals surface area contributed by atoms with E-state index in [4.69, 9.17) is 15.1 Å². The first-order chi connectivity index (χ1) is 16.9. The number of nitrogens with one attached hydrogen (secondary N) is 2. The molecule has 3 N–H and O–H groups in total. The predicted octanol–water partition coefficient (Wildman–Crippen LogP) is 5.20. The van der Waals surface area contributed by atoms with Crippen molar-refractivity contribution in [1.82, 2.24) is 15.3 Å². The summed E-state index contributed by atoms with van der Waals surface area (Å²) in [5.74, 6) is -0.951. The van der Waals surface area contributed by atoms with E-state index in [1.54, 1.807) is 30.3 Å². The Morgan fingerprint density at radius 2 is 1.71 bits per heavy atom. The van der Waals surface area contributed by atoms with Gasteiger partial charge in [-0.3, -0.25) is 9.59 Å². The first-order valence-corrected chi connectivity index (χ1v) is 11.3. The zero-order valence-corrected chi connectivity index (χ0v) is 19.2. The third kappa shape index (κ3) is 5.97. The fourth-order valence-electron chi connectivity index (χ4n) is 3.68. The molecular weight excluding hydrogens is 447 g/mol. The monoisotopic (exact) mass is 472 g/mol. The minimum Gasteiger partial charge on any atom is -0.481 e. The number of carbonyl (C=O) groups excluding carboxylic acids is 1. The molecule has 0 spiro atoms. The zero-order chi connectivity index (χ0) is 24.8. The van der Waals surface area contributed by atoms with E-state index < -0.39 is 5.97 Å². The Bertz CT molecular complexity index is 1340. The molecule has 3 aromatic carbocycles. The summed E-state index contributed by atoms with van der Waals surface area (Å²) in [4.78, 5) is 33.2. The lowest BCUT2D eigenvalue weighted by molar-refractivity contribution is -0.137. The summed E-state index contributed by atoms with van der Waals surface area (Å²) in [5, 5.41) is 15.0. The van der Waals surface area contributed by atoms with E-state index in [9.17, 15) is 14.0 Å². The van der Waals surface area contributed by atoms with Gasteiger partial charge in [0.15, 0.2) is 5.82 Å². The lowest BCUT2D eigenvalue weighted by Gasteiger charge is -2.15. The summed E-state index contributed by atoms with van der Waals surface area (Å²) >= 11 is 0. The van der Waals surface area contributed by atoms with Crippen LogP contribution >= 0.6 is 0 Å². The van der Waals surface area contributed by atoms with Crippen LogP contribution in [0.5, 0.6) is 0 Å². The highest BCUT2D eigenvalue weighted by Gasteiger charge is 2.15. The molecule has 35 heavy (non-hydrogen) atoms. The fourth-order valence-corrected chi connectivity index (χ4v) is 3.68. The van der Waals surface area contributed by atoms with Crippen LogP contribution in [-0.4, -0.2) is 33.5 Å². The van der Waals surface area contributed by atoms with Crippen molar-refractivity contribution in [1.29, 1.82) is 0 Å². The summed E-state index contributed by atoms with van der Waals surface area (Å²) in [7, 11) is 0. The number of fused-ring (bicyclic) bond motifs is 1. The van der Waals surface area contributed by atoms with E-state index in [0.717, 1.165) is 11.1 Å². The minimum absolute atomic E-state index is 0.0469. The van der Waals surface area contributed by atoms with Gasteiger partial charge in [0, 0.05) is 24.1 Å². The van der Waals surface area contributed by atoms with Gasteiger partial charge in [-0.1, -0.05) is 42.5 Å². The maximum Gasteiger partial charge on any atom is 0.303 e. The fraction of sp³-hybridized carbons (Fsp3) is 0.185. The molecule has 0 saturated carbocycles. The number of carboxylic acid groups (broad SMARTS) is 1. The Hall–Kier alpha value is -4.33. The molecule has 0 aliphatic rings. The molecule has 7 nitrogen and oxygen atoms in total. The van der Waals surface area contributed by atoms with Gasteiger partial charge in [0.05, 0.1) is 17.1 Å². The highest BCUT2D eigenvalue weighted by molar-refractivity contribution is 5.98. The molecule has 0 radical (unpaired) electrons. The van der Waals surface area contributed by atoms with Gasteiger partial charge >= 0.3 is 5.97 Å². The summed E-state index contributed by atoms with van der Waals surface area (Å²) in [6.07, 6.45) is 0.484. The standard InChI is InChI=1S/C27H25FN4O3/c1-17(18-9-12-21(28)13-10-18)30-27(35)20-11-14-22-23(16-20)32-26(29-15-5-8-24(33)34)25(31-22)19-6-3-2-4-7-19/h2-4,6-7,9-14,16-17H,5,8,15H2,1H3,(H,29,32)(H,30,35)(H,33,34). The molecule has 178 valence electrons. The van der Waals surface area contributed by atoms with E-state index in [2.05, 4.69) is 10.6 Å². The first-order valence-electron chi connectivity index (χ1n) is 11.3. The van der Waals surface area contributed by atoms with Crippen LogP contribution in [0.25, 0.3) is 22.3 Å². The second kappa shape index (κ2) is 10.7. The third-order valence-electron chi connectivity index (χ3n) is 5.55. The minimum atomic E-state index is -0.856. The molecule has 0 aliphatic heterocycles. The van der Waals surface area contributed by atoms with Crippen molar-refractivity contribution in [2.45, 2.75) is 25.8 Å². The van der Waals surface area contributed by atoms with Crippen LogP contribution in [0.3, 0.4) is 0 Å². The molecule has 0 saturated heterocycles. The maximum atomic E-state index is 13.2. The number of carbonyl (C=O) groups is 2. The molecule has 1 atom stereocenters. The Labute approximate surface area is 202 Å². The van der Waals surface area contributed by atoms with Gasteiger partial charge in [-0.2, -0.15) is 0 Å². The van der Waals surface area contributed by atoms with Crippen LogP contribution in [0, 0.1) is 5.82 Å². The molecule has 0 aliphatic carbocycles. The number of halogens is 1. The highest BCUT2D eigenvalue weighted by atomic mass is 19.1. The molecule has 1 aromatic heterocycles. The molecule has 0 fully saturated rings. The Morgan fingerprint density at radius 3 is 2.43 bits per heavy atom. The molecule has 1 heterocycles. The van der Waals surface area contributed by atoms with Crippen LogP contribution < -0.4 is 10.6 Å². The van der Waals surface area contributed by atoms with Crippen LogP contribution in [-0.2, 0) is 4.79 Å². The number of hydrogen-bond acceptors (Lipinski definition) is 5. The molecule has 4 aromatic rings. The molecule has 4 rings (SSSR count). The van der Waals surface area contributed by atoms with Crippen molar-refractivity contribution in [3.8, 4) is 11.3 Å². The number of benzene rings is 3. The second-order valence-electron chi connectivity index (χ2n) is 8.16. The average molecular weight is 473 g/mol. The Kier molecular flexibility index (Phi) is 7.30. The van der Waals surface area contributed by atoms with E-state index in [1.165, 1.54) is 12.1 Å². The van der Waals surface area contributed by atoms with Crippen molar-refractivity contribution >= 4 is 28.7 Å². The highest BCUT2D eigenvalue weighted by Crippen LogP contribution is 2.27. The first kappa shape index (κ1) is 23.8. The molecule has 1 unspecified atom stereocenters. The van der Waals surface area contributed by atoms with Crippen molar-refractivity contribution in [3.05, 3.63) is 89.7 Å². The Morgan fingerprint density at radius 1 is 0.971 bits per heavy atom. The smallest absolute Gasteiger partial charge is 0.303 e. The van der Waals surface area contributed by atoms with Gasteiger partial charge in [-0.25, -0.2) is 14.4 Å². The largest absolute Gasteiger partial charge is 0.481 e. The number of nitrogens with zero attached hydrogens (tertiary/aromatic N) is 2. The van der Waals surface area contributed by atoms with Crippen molar-refractivity contribution < 1.29 is 19.1 Å². The van der Waals surface area contributed by atoms with E-state index >= 15 is 0 Å². The summed E-state index contributed by atoms with van der Waals surface area (Å²) in [6.45, 7) is 2.25. The van der Waals surface area contributed by atoms with Crippen molar-refractivity contribution in [2.75, 3.05) is 11.9 Å². The average Bonchev–Trinajstić information content (AvgIpc) is 2.86. The SMILES string of the molecule is CC(NC(=O)c1ccc2nc(-c3ccccc3)c(NCCCC(=O)O)nc2c1)c1ccc(F)cc1. The number of aliphatic carboxylic acids is 1. The number of carboxylic acids is 1. The van der Waals surface area contributed by atoms with Crippen molar-refractivity contribution in [3.63, 3.8) is 0 Å². The van der Waals surface area contributed by atoms with Crippen LogP contribution in [0.2, 0.25) is 0 Å². The predicted molar refractivity (Wildman–Crippen MR) is 133 cm³/mol. The van der Waals surface area contributed by atoms with Crippen LogP contribution in [0.15, 0.2) is 72.8 Å². The van der Waals surface area contributed by atoms with Gasteiger partial charge < -0.3 is 15.7 Å². The van der Waals surface area contributed by atoms with Crippen molar-refractivity contribution in [2.24, 2.45) is 0 Å². The molecule has 8 heteroatoms. The van der Waals surface area contributed by atoms with Crippen LogP contribution in [0.4, 0.5) is 10.2 Å². The van der Waals surface area contributed by atoms with Gasteiger partial charge in [0.2, 0.25) is 0 Å². The quantitative estimate of drug-likeness (QED) is 0.289. The summed E-state index contributed by atoms with van der Waals surface area (Å²) in [6, 6.07) is 20.4. The van der Waals surface area contributed by atoms with Gasteiger partial charge in [0.25, 0.3) is 5.91 Å². The maximum absolute atomic E-state index is 13.2. The second-order valence-corrected chi connectivity index (χ2v) is 8.16. The lowest BCUT2D eigenvalue weighted by Crippen LogP contribution is -2.26. The van der Waals surface area contributed by atoms with Gasteiger partial charge in [-0.15, -0.1) is 0 Å². The summed E-state index contributed by atoms with van der Waals surface area (Å²) < 4.78 is 13.2. The number of amides is 1. The molecule has 0 bridgehead atoms. The van der Waals surface area contributed by atoms with Gasteiger partial charge in [-0.05, 0) is 49.2 Å². The number of hydrogen-bond donors (Lipinski definition) is 3. The Balaban J connectivity index is 1.61. The normalized spacial score (nSPS) is 11.7. The summed E-state index contributed by atoms with van der Waals surface area (Å²) in [5.41, 5.74) is 3.90. The number of anilines is 1. The molecular formula is C27H25FN4O3. The lowest BCUT2D eigenvalue weighted by atomic mass is 10.1. The third-order valence-corrected chi connectivity index (χ3v) is 5.55. The number of aromatic nitrogens is 2. The van der Waals surface area contributed by atoms with E-state index in [-0.39, 0.29) is 24.2 Å². The van der Waals surface area contributed by atoms with E-state index in [1.807, 2.05) is 37.3 Å². The topological polar surface area (TPSA) is 104 Å². The zero-order valence-electron chi connectivity index (χ0n) is 19.2. The van der Waals surface area contributed by atoms with Gasteiger partial charge in [0.1, 0.15) is 11.5 Å². The van der Waals surface area contributed by atoms with E-state index in [0.29, 0.717) is 41.1 Å². The van der Waals surface area contributed by atoms with Crippen LogP contribution in [0.1, 0.15) is 41.7 Å². The molecule has 1 amide bonds.